The third-order valence-electron chi connectivity index (χ3n) is 6.07. The van der Waals surface area contributed by atoms with E-state index in [1.54, 1.807) is 0 Å². The molecule has 0 aromatic heterocycles. The second-order valence-corrected chi connectivity index (χ2v) is 11.7. The topological polar surface area (TPSA) is 95.6 Å². The summed E-state index contributed by atoms with van der Waals surface area (Å²) in [5.41, 5.74) is -0.122. The number of piperidine rings is 1. The molecule has 1 heterocycles. The average Bonchev–Trinajstić information content (AvgIpc) is 2.76. The van der Waals surface area contributed by atoms with Gasteiger partial charge in [0, 0.05) is 29.2 Å². The SMILES string of the molecule is C=CC(=O)NC1CC(C)(C)N(S(=O)(=O)c2ccc(C(=O)NCc3ccccc3)cc2)C(C)(C)C1. The number of benzene rings is 2. The summed E-state index contributed by atoms with van der Waals surface area (Å²) in [6, 6.07) is 15.4. The Balaban J connectivity index is 1.79. The quantitative estimate of drug-likeness (QED) is 0.588. The average molecular weight is 484 g/mol. The summed E-state index contributed by atoms with van der Waals surface area (Å²) in [7, 11) is -3.86. The number of carbonyl (C=O) groups excluding carboxylic acids is 2. The number of hydrogen-bond acceptors (Lipinski definition) is 4. The summed E-state index contributed by atoms with van der Waals surface area (Å²) in [6.07, 6.45) is 2.16. The Labute approximate surface area is 202 Å². The first-order chi connectivity index (χ1) is 15.9. The van der Waals surface area contributed by atoms with E-state index in [0.717, 1.165) is 5.56 Å². The van der Waals surface area contributed by atoms with Crippen LogP contribution in [0.4, 0.5) is 0 Å². The van der Waals surface area contributed by atoms with Gasteiger partial charge in [0.05, 0.1) is 4.90 Å². The molecule has 1 fully saturated rings. The van der Waals surface area contributed by atoms with E-state index < -0.39 is 21.1 Å². The van der Waals surface area contributed by atoms with Crippen molar-refractivity contribution in [3.63, 3.8) is 0 Å². The highest BCUT2D eigenvalue weighted by Gasteiger charge is 2.51. The molecule has 0 aliphatic carbocycles. The molecule has 0 unspecified atom stereocenters. The Kier molecular flexibility index (Phi) is 7.33. The standard InChI is InChI=1S/C26H33N3O4S/c1-6-23(30)28-21-16-25(2,3)29(26(4,5)17-21)34(32,33)22-14-12-20(13-15-22)24(31)27-18-19-10-8-7-9-11-19/h6-15,21H,1,16-18H2,2-5H3,(H,27,31)(H,28,30). The number of rotatable bonds is 7. The van der Waals surface area contributed by atoms with E-state index in [1.165, 1.54) is 34.6 Å². The molecule has 182 valence electrons. The molecule has 0 radical (unpaired) electrons. The highest BCUT2D eigenvalue weighted by Crippen LogP contribution is 2.42. The van der Waals surface area contributed by atoms with Crippen molar-refractivity contribution in [3.05, 3.63) is 78.4 Å². The lowest BCUT2D eigenvalue weighted by atomic mass is 9.79. The van der Waals surface area contributed by atoms with Crippen molar-refractivity contribution >= 4 is 21.8 Å². The molecule has 2 amide bonds. The molecular weight excluding hydrogens is 450 g/mol. The molecule has 0 saturated carbocycles. The van der Waals surface area contributed by atoms with Crippen molar-refractivity contribution in [2.24, 2.45) is 0 Å². The van der Waals surface area contributed by atoms with Gasteiger partial charge >= 0.3 is 0 Å². The van der Waals surface area contributed by atoms with Gasteiger partial charge in [-0.3, -0.25) is 9.59 Å². The van der Waals surface area contributed by atoms with Gasteiger partial charge in [-0.25, -0.2) is 8.42 Å². The van der Waals surface area contributed by atoms with Crippen LogP contribution in [0.15, 0.2) is 72.1 Å². The zero-order valence-corrected chi connectivity index (χ0v) is 21.0. The monoisotopic (exact) mass is 483 g/mol. The minimum absolute atomic E-state index is 0.127. The predicted molar refractivity (Wildman–Crippen MR) is 133 cm³/mol. The lowest BCUT2D eigenvalue weighted by Gasteiger charge is -2.53. The van der Waals surface area contributed by atoms with E-state index in [1.807, 2.05) is 58.0 Å². The molecule has 1 aliphatic heterocycles. The lowest BCUT2D eigenvalue weighted by molar-refractivity contribution is -0.118. The maximum Gasteiger partial charge on any atom is 0.251 e. The van der Waals surface area contributed by atoms with E-state index in [-0.39, 0.29) is 22.8 Å². The van der Waals surface area contributed by atoms with Crippen molar-refractivity contribution in [2.75, 3.05) is 0 Å². The zero-order chi connectivity index (χ0) is 25.1. The van der Waals surface area contributed by atoms with Crippen LogP contribution < -0.4 is 10.6 Å². The molecule has 2 N–H and O–H groups in total. The Morgan fingerprint density at radius 2 is 1.56 bits per heavy atom. The van der Waals surface area contributed by atoms with Gasteiger partial charge in [0.15, 0.2) is 0 Å². The fourth-order valence-electron chi connectivity index (χ4n) is 5.04. The van der Waals surface area contributed by atoms with Crippen LogP contribution in [0.25, 0.3) is 0 Å². The first-order valence-electron chi connectivity index (χ1n) is 11.3. The maximum atomic E-state index is 13.7. The van der Waals surface area contributed by atoms with E-state index in [4.69, 9.17) is 0 Å². The molecular formula is C26H33N3O4S. The summed E-state index contributed by atoms with van der Waals surface area (Å²) >= 11 is 0. The summed E-state index contributed by atoms with van der Waals surface area (Å²) < 4.78 is 29.0. The smallest absolute Gasteiger partial charge is 0.251 e. The van der Waals surface area contributed by atoms with Crippen LogP contribution in [-0.2, 0) is 21.4 Å². The van der Waals surface area contributed by atoms with Crippen molar-refractivity contribution in [1.82, 2.24) is 14.9 Å². The van der Waals surface area contributed by atoms with Crippen molar-refractivity contribution < 1.29 is 18.0 Å². The van der Waals surface area contributed by atoms with Crippen LogP contribution in [0, 0.1) is 0 Å². The number of sulfonamides is 1. The van der Waals surface area contributed by atoms with Crippen molar-refractivity contribution in [1.29, 1.82) is 0 Å². The fraction of sp³-hybridized carbons (Fsp3) is 0.385. The second kappa shape index (κ2) is 9.72. The van der Waals surface area contributed by atoms with Crippen LogP contribution in [0.2, 0.25) is 0 Å². The Morgan fingerprint density at radius 1 is 1.00 bits per heavy atom. The van der Waals surface area contributed by atoms with Gasteiger partial charge in [-0.05, 0) is 76.4 Å². The second-order valence-electron chi connectivity index (χ2n) is 9.90. The van der Waals surface area contributed by atoms with Gasteiger partial charge < -0.3 is 10.6 Å². The largest absolute Gasteiger partial charge is 0.350 e. The molecule has 2 aromatic rings. The Hall–Kier alpha value is -2.97. The van der Waals surface area contributed by atoms with E-state index in [0.29, 0.717) is 24.9 Å². The number of nitrogens with zero attached hydrogens (tertiary/aromatic N) is 1. The van der Waals surface area contributed by atoms with Gasteiger partial charge in [-0.2, -0.15) is 4.31 Å². The van der Waals surface area contributed by atoms with Gasteiger partial charge in [-0.1, -0.05) is 36.9 Å². The molecule has 0 bridgehead atoms. The molecule has 2 aromatic carbocycles. The van der Waals surface area contributed by atoms with Gasteiger partial charge in [-0.15, -0.1) is 0 Å². The van der Waals surface area contributed by atoms with Gasteiger partial charge in [0.2, 0.25) is 15.9 Å². The van der Waals surface area contributed by atoms with Crippen molar-refractivity contribution in [3.8, 4) is 0 Å². The summed E-state index contributed by atoms with van der Waals surface area (Å²) in [6.45, 7) is 11.3. The Morgan fingerprint density at radius 3 is 2.09 bits per heavy atom. The third kappa shape index (κ3) is 5.56. The Bertz CT molecular complexity index is 1140. The van der Waals surface area contributed by atoms with Crippen LogP contribution >= 0.6 is 0 Å². The van der Waals surface area contributed by atoms with Crippen LogP contribution in [0.5, 0.6) is 0 Å². The predicted octanol–water partition coefficient (Wildman–Crippen LogP) is 3.63. The van der Waals surface area contributed by atoms with Crippen LogP contribution in [0.3, 0.4) is 0 Å². The molecule has 7 nitrogen and oxygen atoms in total. The molecule has 8 heteroatoms. The third-order valence-corrected chi connectivity index (χ3v) is 8.41. The molecule has 3 rings (SSSR count). The molecule has 1 aliphatic rings. The first kappa shape index (κ1) is 25.6. The highest BCUT2D eigenvalue weighted by atomic mass is 32.2. The molecule has 1 saturated heterocycles. The summed E-state index contributed by atoms with van der Waals surface area (Å²) in [4.78, 5) is 24.5. The number of carbonyl (C=O) groups is 2. The number of nitrogens with one attached hydrogen (secondary N) is 2. The normalized spacial score (nSPS) is 18.1. The molecule has 0 spiro atoms. The van der Waals surface area contributed by atoms with Crippen LogP contribution in [0.1, 0.15) is 56.5 Å². The zero-order valence-electron chi connectivity index (χ0n) is 20.2. The highest BCUT2D eigenvalue weighted by molar-refractivity contribution is 7.89. The minimum atomic E-state index is -3.86. The first-order valence-corrected chi connectivity index (χ1v) is 12.7. The summed E-state index contributed by atoms with van der Waals surface area (Å²) in [5, 5.41) is 5.76. The van der Waals surface area contributed by atoms with Crippen LogP contribution in [-0.4, -0.2) is 41.7 Å². The maximum absolute atomic E-state index is 13.7. The van der Waals surface area contributed by atoms with Gasteiger partial charge in [0.25, 0.3) is 5.91 Å². The number of amides is 2. The van der Waals surface area contributed by atoms with E-state index >= 15 is 0 Å². The minimum Gasteiger partial charge on any atom is -0.350 e. The van der Waals surface area contributed by atoms with E-state index in [2.05, 4.69) is 17.2 Å². The molecule has 0 atom stereocenters. The lowest BCUT2D eigenvalue weighted by Crippen LogP contribution is -2.65. The van der Waals surface area contributed by atoms with Crippen molar-refractivity contribution in [2.45, 2.75) is 69.1 Å². The number of hydrogen-bond donors (Lipinski definition) is 2. The van der Waals surface area contributed by atoms with E-state index in [9.17, 15) is 18.0 Å². The summed E-state index contributed by atoms with van der Waals surface area (Å²) in [5.74, 6) is -0.540. The van der Waals surface area contributed by atoms with Gasteiger partial charge in [0.1, 0.15) is 0 Å². The molecule has 34 heavy (non-hydrogen) atoms. The fourth-order valence-corrected chi connectivity index (χ4v) is 7.18.